The zero-order valence-corrected chi connectivity index (χ0v) is 13.1. The van der Waals surface area contributed by atoms with Gasteiger partial charge in [-0.2, -0.15) is 8.42 Å². The van der Waals surface area contributed by atoms with Gasteiger partial charge < -0.3 is 14.6 Å². The predicted molar refractivity (Wildman–Crippen MR) is 70.3 cm³/mol. The Bertz CT molecular complexity index is 387. The maximum absolute atomic E-state index is 10.8. The standard InChI is InChI=1S/C6H12O5S.C5H10O3/c1-4-10-6(7)5(2)11-12(3,8)9;1-3-8-5(7)4(2)6/h5H,4H2,1-3H3;4,6H,3H2,1-2H3/t5-;4-/m00/s1. The molecule has 0 aliphatic carbocycles. The van der Waals surface area contributed by atoms with Gasteiger partial charge in [0.05, 0.1) is 19.5 Å². The van der Waals surface area contributed by atoms with E-state index in [1.54, 1.807) is 13.8 Å². The van der Waals surface area contributed by atoms with Gasteiger partial charge in [-0.15, -0.1) is 0 Å². The fourth-order valence-electron chi connectivity index (χ4n) is 0.824. The van der Waals surface area contributed by atoms with Gasteiger partial charge in [-0.25, -0.2) is 9.59 Å². The van der Waals surface area contributed by atoms with Gasteiger partial charge in [0.15, 0.2) is 6.10 Å². The summed E-state index contributed by atoms with van der Waals surface area (Å²) in [5, 5.41) is 8.48. The molecule has 0 spiro atoms. The Morgan fingerprint density at radius 2 is 1.45 bits per heavy atom. The molecule has 0 aromatic rings. The minimum Gasteiger partial charge on any atom is -0.464 e. The van der Waals surface area contributed by atoms with Crippen molar-refractivity contribution in [3.05, 3.63) is 0 Å². The van der Waals surface area contributed by atoms with E-state index in [2.05, 4.69) is 13.7 Å². The highest BCUT2D eigenvalue weighted by atomic mass is 32.2. The molecule has 0 amide bonds. The lowest BCUT2D eigenvalue weighted by atomic mass is 10.4. The molecule has 1 N–H and O–H groups in total. The molecule has 0 heterocycles. The van der Waals surface area contributed by atoms with Crippen molar-refractivity contribution in [2.75, 3.05) is 19.5 Å². The summed E-state index contributed by atoms with van der Waals surface area (Å²) in [4.78, 5) is 21.1. The fourth-order valence-corrected chi connectivity index (χ4v) is 1.43. The molecule has 0 rings (SSSR count). The Morgan fingerprint density at radius 3 is 1.70 bits per heavy atom. The number of esters is 2. The second-order valence-electron chi connectivity index (χ2n) is 3.62. The maximum atomic E-state index is 10.8. The van der Waals surface area contributed by atoms with Crippen molar-refractivity contribution in [2.45, 2.75) is 39.9 Å². The number of carbonyl (C=O) groups is 2. The van der Waals surface area contributed by atoms with Crippen LogP contribution in [0.5, 0.6) is 0 Å². The molecular formula is C11H22O8S. The monoisotopic (exact) mass is 314 g/mol. The molecule has 0 saturated heterocycles. The number of carbonyl (C=O) groups excluding carboxylic acids is 2. The molecule has 0 radical (unpaired) electrons. The SMILES string of the molecule is CCOC(=O)[C@H](C)O.CCOC(=O)[C@H](C)OS(C)(=O)=O. The summed E-state index contributed by atoms with van der Waals surface area (Å²) in [6, 6.07) is 0. The molecule has 0 fully saturated rings. The van der Waals surface area contributed by atoms with Crippen molar-refractivity contribution in [2.24, 2.45) is 0 Å². The Labute approximate surface area is 119 Å². The highest BCUT2D eigenvalue weighted by Crippen LogP contribution is 1.99. The van der Waals surface area contributed by atoms with Gasteiger partial charge in [0.1, 0.15) is 6.10 Å². The van der Waals surface area contributed by atoms with Gasteiger partial charge in [0.2, 0.25) is 0 Å². The van der Waals surface area contributed by atoms with Crippen LogP contribution in [-0.2, 0) is 33.4 Å². The minimum atomic E-state index is -3.59. The van der Waals surface area contributed by atoms with Gasteiger partial charge in [0, 0.05) is 0 Å². The van der Waals surface area contributed by atoms with Crippen molar-refractivity contribution < 1.29 is 36.8 Å². The van der Waals surface area contributed by atoms with E-state index in [0.717, 1.165) is 6.26 Å². The van der Waals surface area contributed by atoms with Gasteiger partial charge in [0.25, 0.3) is 10.1 Å². The van der Waals surface area contributed by atoms with Crippen LogP contribution in [0.2, 0.25) is 0 Å². The van der Waals surface area contributed by atoms with Crippen molar-refractivity contribution in [3.8, 4) is 0 Å². The second-order valence-corrected chi connectivity index (χ2v) is 5.22. The molecule has 9 heteroatoms. The summed E-state index contributed by atoms with van der Waals surface area (Å²) in [5.41, 5.74) is 0. The molecule has 0 aliphatic rings. The first-order chi connectivity index (χ1) is 9.05. The largest absolute Gasteiger partial charge is 0.464 e. The van der Waals surface area contributed by atoms with E-state index in [1.165, 1.54) is 13.8 Å². The van der Waals surface area contributed by atoms with Gasteiger partial charge in [-0.3, -0.25) is 4.18 Å². The van der Waals surface area contributed by atoms with E-state index in [-0.39, 0.29) is 6.61 Å². The summed E-state index contributed by atoms with van der Waals surface area (Å²) in [7, 11) is -3.59. The Balaban J connectivity index is 0. The number of aliphatic hydroxyl groups excluding tert-OH is 1. The number of hydrogen-bond acceptors (Lipinski definition) is 8. The van der Waals surface area contributed by atoms with Crippen molar-refractivity contribution >= 4 is 22.1 Å². The smallest absolute Gasteiger partial charge is 0.336 e. The van der Waals surface area contributed by atoms with E-state index in [9.17, 15) is 18.0 Å². The summed E-state index contributed by atoms with van der Waals surface area (Å²) in [5.74, 6) is -1.24. The maximum Gasteiger partial charge on any atom is 0.336 e. The van der Waals surface area contributed by atoms with Gasteiger partial charge in [-0.1, -0.05) is 0 Å². The molecule has 8 nitrogen and oxygen atoms in total. The minimum absolute atomic E-state index is 0.205. The molecule has 0 bridgehead atoms. The number of aliphatic hydroxyl groups is 1. The average molecular weight is 314 g/mol. The van der Waals surface area contributed by atoms with Crippen LogP contribution in [-0.4, -0.2) is 57.1 Å². The van der Waals surface area contributed by atoms with Crippen LogP contribution in [0.25, 0.3) is 0 Å². The first kappa shape index (κ1) is 21.1. The number of hydrogen-bond donors (Lipinski definition) is 1. The summed E-state index contributed by atoms with van der Waals surface area (Å²) >= 11 is 0. The molecule has 0 unspecified atom stereocenters. The Hall–Kier alpha value is -1.19. The molecule has 20 heavy (non-hydrogen) atoms. The zero-order valence-electron chi connectivity index (χ0n) is 12.3. The molecule has 0 aromatic carbocycles. The van der Waals surface area contributed by atoms with Gasteiger partial charge >= 0.3 is 11.9 Å². The van der Waals surface area contributed by atoms with Crippen LogP contribution in [0, 0.1) is 0 Å². The normalized spacial score (nSPS) is 13.5. The van der Waals surface area contributed by atoms with E-state index in [0.29, 0.717) is 6.61 Å². The van der Waals surface area contributed by atoms with E-state index in [1.807, 2.05) is 0 Å². The van der Waals surface area contributed by atoms with Crippen LogP contribution in [0.3, 0.4) is 0 Å². The van der Waals surface area contributed by atoms with Crippen molar-refractivity contribution in [1.29, 1.82) is 0 Å². The number of rotatable bonds is 6. The molecule has 2 atom stereocenters. The van der Waals surface area contributed by atoms with Crippen molar-refractivity contribution in [3.63, 3.8) is 0 Å². The van der Waals surface area contributed by atoms with E-state index >= 15 is 0 Å². The Morgan fingerprint density at radius 1 is 1.05 bits per heavy atom. The first-order valence-corrected chi connectivity index (χ1v) is 7.76. The van der Waals surface area contributed by atoms with Crippen LogP contribution < -0.4 is 0 Å². The molecular weight excluding hydrogens is 292 g/mol. The topological polar surface area (TPSA) is 116 Å². The lowest BCUT2D eigenvalue weighted by Gasteiger charge is -2.08. The van der Waals surface area contributed by atoms with Crippen LogP contribution in [0.4, 0.5) is 0 Å². The van der Waals surface area contributed by atoms with E-state index in [4.69, 9.17) is 5.11 Å². The summed E-state index contributed by atoms with van der Waals surface area (Å²) in [6.45, 7) is 6.54. The van der Waals surface area contributed by atoms with Crippen molar-refractivity contribution in [1.82, 2.24) is 0 Å². The highest BCUT2D eigenvalue weighted by Gasteiger charge is 2.19. The molecule has 0 aromatic heterocycles. The quantitative estimate of drug-likeness (QED) is 0.531. The van der Waals surface area contributed by atoms with Crippen LogP contribution in [0.1, 0.15) is 27.7 Å². The van der Waals surface area contributed by atoms with Crippen LogP contribution >= 0.6 is 0 Å². The van der Waals surface area contributed by atoms with Gasteiger partial charge in [-0.05, 0) is 27.7 Å². The third-order valence-electron chi connectivity index (χ3n) is 1.57. The summed E-state index contributed by atoms with van der Waals surface area (Å²) < 4.78 is 34.3. The fraction of sp³-hybridized carbons (Fsp3) is 0.818. The molecule has 0 aliphatic heterocycles. The predicted octanol–water partition coefficient (Wildman–Crippen LogP) is -0.155. The third kappa shape index (κ3) is 13.2. The average Bonchev–Trinajstić information content (AvgIpc) is 2.28. The summed E-state index contributed by atoms with van der Waals surface area (Å²) in [6.07, 6.45) is -1.18. The Kier molecular flexibility index (Phi) is 11.2. The lowest BCUT2D eigenvalue weighted by Crippen LogP contribution is -2.25. The first-order valence-electron chi connectivity index (χ1n) is 5.94. The lowest BCUT2D eigenvalue weighted by molar-refractivity contribution is -0.152. The highest BCUT2D eigenvalue weighted by molar-refractivity contribution is 7.86. The molecule has 120 valence electrons. The van der Waals surface area contributed by atoms with Crippen LogP contribution in [0.15, 0.2) is 0 Å². The number of ether oxygens (including phenoxy) is 2. The molecule has 0 saturated carbocycles. The second kappa shape index (κ2) is 10.6. The third-order valence-corrected chi connectivity index (χ3v) is 2.20. The van der Waals surface area contributed by atoms with E-state index < -0.39 is 34.3 Å². The zero-order chi connectivity index (χ0) is 16.3.